The van der Waals surface area contributed by atoms with E-state index in [0.29, 0.717) is 24.2 Å². The molecule has 6 nitrogen and oxygen atoms in total. The number of aryl methyl sites for hydroxylation is 1. The second kappa shape index (κ2) is 11.0. The highest BCUT2D eigenvalue weighted by molar-refractivity contribution is 5.72. The Bertz CT molecular complexity index is 996. The summed E-state index contributed by atoms with van der Waals surface area (Å²) in [6.45, 7) is 5.59. The fourth-order valence-corrected chi connectivity index (χ4v) is 5.21. The quantitative estimate of drug-likeness (QED) is 0.343. The van der Waals surface area contributed by atoms with Crippen LogP contribution < -0.4 is 0 Å². The minimum absolute atomic E-state index is 0.185. The average molecular weight is 482 g/mol. The summed E-state index contributed by atoms with van der Waals surface area (Å²) in [5, 5.41) is 4.52. The van der Waals surface area contributed by atoms with Gasteiger partial charge in [-0.25, -0.2) is 0 Å². The van der Waals surface area contributed by atoms with Crippen LogP contribution in [0.25, 0.3) is 0 Å². The van der Waals surface area contributed by atoms with Crippen LogP contribution in [-0.2, 0) is 25.5 Å². The second-order valence-corrected chi connectivity index (χ2v) is 11.3. The van der Waals surface area contributed by atoms with Crippen molar-refractivity contribution in [2.75, 3.05) is 7.11 Å². The number of ether oxygens (including phenoxy) is 2. The Balaban J connectivity index is 1.45. The largest absolute Gasteiger partial charge is 0.469 e. The number of aromatic nitrogens is 1. The van der Waals surface area contributed by atoms with Crippen LogP contribution in [0.3, 0.4) is 0 Å². The summed E-state index contributed by atoms with van der Waals surface area (Å²) >= 11 is 0. The maximum Gasteiger partial charge on any atom is 0.306 e. The lowest BCUT2D eigenvalue weighted by atomic mass is 9.70. The summed E-state index contributed by atoms with van der Waals surface area (Å²) in [7, 11) is 1.39. The molecule has 0 N–H and O–H groups in total. The third kappa shape index (κ3) is 6.96. The molecule has 0 unspecified atom stereocenters. The van der Waals surface area contributed by atoms with Gasteiger partial charge in [-0.3, -0.25) is 9.59 Å². The van der Waals surface area contributed by atoms with Crippen LogP contribution in [0.4, 0.5) is 0 Å². The van der Waals surface area contributed by atoms with Crippen molar-refractivity contribution in [3.05, 3.63) is 52.9 Å². The predicted octanol–water partition coefficient (Wildman–Crippen LogP) is 6.45. The number of nitrogens with zero attached hydrogens (tertiary/aromatic N) is 1. The van der Waals surface area contributed by atoms with E-state index in [1.807, 2.05) is 20.8 Å². The standard InChI is InChI=1S/C29H39NO5/c1-29(2,3)34-25(32)18-22(14-15-24(31)33-4)27-26(21-12-13-21)28(35-30-27)23-16-20(17-23)11-10-19-8-6-5-7-9-19/h5-9,20-23H,10-18H2,1-4H3/t20?,22-,23?/m0/s1. The highest BCUT2D eigenvalue weighted by atomic mass is 16.6. The highest BCUT2D eigenvalue weighted by Crippen LogP contribution is 2.52. The van der Waals surface area contributed by atoms with Gasteiger partial charge >= 0.3 is 11.9 Å². The summed E-state index contributed by atoms with van der Waals surface area (Å²) in [6, 6.07) is 10.7. The van der Waals surface area contributed by atoms with E-state index in [4.69, 9.17) is 14.0 Å². The van der Waals surface area contributed by atoms with Crippen molar-refractivity contribution in [3.63, 3.8) is 0 Å². The topological polar surface area (TPSA) is 78.6 Å². The molecule has 2 aromatic rings. The van der Waals surface area contributed by atoms with Gasteiger partial charge in [-0.15, -0.1) is 0 Å². The summed E-state index contributed by atoms with van der Waals surface area (Å²) in [6.07, 6.45) is 7.72. The van der Waals surface area contributed by atoms with Crippen LogP contribution in [0.2, 0.25) is 0 Å². The first-order valence-corrected chi connectivity index (χ1v) is 13.1. The Labute approximate surface area is 208 Å². The van der Waals surface area contributed by atoms with E-state index >= 15 is 0 Å². The zero-order valence-electron chi connectivity index (χ0n) is 21.5. The van der Waals surface area contributed by atoms with Gasteiger partial charge < -0.3 is 14.0 Å². The molecule has 0 aliphatic heterocycles. The molecule has 0 saturated heterocycles. The molecule has 0 bridgehead atoms. The normalized spacial score (nSPS) is 20.7. The molecule has 1 atom stereocenters. The van der Waals surface area contributed by atoms with E-state index in [0.717, 1.165) is 43.6 Å². The zero-order chi connectivity index (χ0) is 25.0. The van der Waals surface area contributed by atoms with Crippen molar-refractivity contribution in [2.45, 2.75) is 102 Å². The SMILES string of the molecule is COC(=O)CC[C@@H](CC(=O)OC(C)(C)C)c1noc(C2CC(CCc3ccccc3)C2)c1C1CC1. The van der Waals surface area contributed by atoms with Crippen molar-refractivity contribution >= 4 is 11.9 Å². The van der Waals surface area contributed by atoms with Crippen LogP contribution in [0.5, 0.6) is 0 Å². The number of methoxy groups -OCH3 is 1. The molecular weight excluding hydrogens is 442 g/mol. The summed E-state index contributed by atoms with van der Waals surface area (Å²) < 4.78 is 16.4. The lowest BCUT2D eigenvalue weighted by molar-refractivity contribution is -0.155. The van der Waals surface area contributed by atoms with Crippen LogP contribution in [0, 0.1) is 5.92 Å². The van der Waals surface area contributed by atoms with Gasteiger partial charge in [-0.1, -0.05) is 35.5 Å². The molecule has 2 aliphatic rings. The molecule has 4 rings (SSSR count). The first kappa shape index (κ1) is 25.5. The van der Waals surface area contributed by atoms with E-state index in [9.17, 15) is 9.59 Å². The Kier molecular flexibility index (Phi) is 7.98. The van der Waals surface area contributed by atoms with Crippen LogP contribution >= 0.6 is 0 Å². The Hall–Kier alpha value is -2.63. The second-order valence-electron chi connectivity index (χ2n) is 11.3. The number of carbonyl (C=O) groups is 2. The van der Waals surface area contributed by atoms with Gasteiger partial charge in [0, 0.05) is 23.8 Å². The molecule has 2 saturated carbocycles. The van der Waals surface area contributed by atoms with Crippen molar-refractivity contribution in [1.82, 2.24) is 5.16 Å². The smallest absolute Gasteiger partial charge is 0.306 e. The lowest BCUT2D eigenvalue weighted by Gasteiger charge is -2.34. The summed E-state index contributed by atoms with van der Waals surface area (Å²) in [5.41, 5.74) is 2.89. The van der Waals surface area contributed by atoms with Crippen molar-refractivity contribution in [2.24, 2.45) is 5.92 Å². The van der Waals surface area contributed by atoms with Gasteiger partial charge in [0.05, 0.1) is 19.2 Å². The van der Waals surface area contributed by atoms with Crippen molar-refractivity contribution in [1.29, 1.82) is 0 Å². The third-order valence-corrected chi connectivity index (χ3v) is 7.20. The number of benzene rings is 1. The zero-order valence-corrected chi connectivity index (χ0v) is 21.5. The van der Waals surface area contributed by atoms with E-state index in [1.165, 1.54) is 24.7 Å². The molecule has 1 aromatic heterocycles. The van der Waals surface area contributed by atoms with Gasteiger partial charge in [-0.05, 0) is 83.1 Å². The first-order valence-electron chi connectivity index (χ1n) is 13.1. The Morgan fingerprint density at radius 1 is 1.09 bits per heavy atom. The number of carbonyl (C=O) groups excluding carboxylic acids is 2. The summed E-state index contributed by atoms with van der Waals surface area (Å²) in [4.78, 5) is 24.6. The molecule has 0 amide bonds. The van der Waals surface area contributed by atoms with Gasteiger partial charge in [0.15, 0.2) is 0 Å². The highest BCUT2D eigenvalue weighted by Gasteiger charge is 2.41. The number of hydrogen-bond donors (Lipinski definition) is 0. The van der Waals surface area contributed by atoms with E-state index in [1.54, 1.807) is 0 Å². The van der Waals surface area contributed by atoms with Gasteiger partial charge in [0.2, 0.25) is 0 Å². The van der Waals surface area contributed by atoms with E-state index in [2.05, 4.69) is 35.5 Å². The number of hydrogen-bond acceptors (Lipinski definition) is 6. The molecule has 35 heavy (non-hydrogen) atoms. The lowest BCUT2D eigenvalue weighted by Crippen LogP contribution is -2.25. The maximum atomic E-state index is 12.7. The van der Waals surface area contributed by atoms with E-state index in [-0.39, 0.29) is 30.7 Å². The summed E-state index contributed by atoms with van der Waals surface area (Å²) in [5.74, 6) is 1.80. The maximum absolute atomic E-state index is 12.7. The molecule has 2 aliphatic carbocycles. The van der Waals surface area contributed by atoms with Crippen LogP contribution in [0.1, 0.15) is 112 Å². The molecule has 1 heterocycles. The van der Waals surface area contributed by atoms with Gasteiger partial charge in [0.1, 0.15) is 11.4 Å². The molecular formula is C29H39NO5. The fourth-order valence-electron chi connectivity index (χ4n) is 5.21. The third-order valence-electron chi connectivity index (χ3n) is 7.20. The van der Waals surface area contributed by atoms with Gasteiger partial charge in [0.25, 0.3) is 0 Å². The monoisotopic (exact) mass is 481 g/mol. The average Bonchev–Trinajstić information content (AvgIpc) is 3.53. The van der Waals surface area contributed by atoms with Crippen LogP contribution in [0.15, 0.2) is 34.9 Å². The number of esters is 2. The minimum atomic E-state index is -0.557. The van der Waals surface area contributed by atoms with Crippen LogP contribution in [-0.4, -0.2) is 29.8 Å². The number of rotatable bonds is 11. The molecule has 0 spiro atoms. The Morgan fingerprint density at radius 2 is 1.80 bits per heavy atom. The first-order chi connectivity index (χ1) is 16.7. The van der Waals surface area contributed by atoms with Crippen molar-refractivity contribution in [3.8, 4) is 0 Å². The fraction of sp³-hybridized carbons (Fsp3) is 0.621. The van der Waals surface area contributed by atoms with Gasteiger partial charge in [-0.2, -0.15) is 0 Å². The van der Waals surface area contributed by atoms with E-state index < -0.39 is 5.60 Å². The molecule has 2 fully saturated rings. The van der Waals surface area contributed by atoms with Crippen molar-refractivity contribution < 1.29 is 23.6 Å². The Morgan fingerprint density at radius 3 is 2.43 bits per heavy atom. The molecule has 0 radical (unpaired) electrons. The minimum Gasteiger partial charge on any atom is -0.469 e. The molecule has 190 valence electrons. The molecule has 1 aromatic carbocycles. The molecule has 6 heteroatoms. The predicted molar refractivity (Wildman–Crippen MR) is 133 cm³/mol.